The number of nitrogens with zero attached hydrogens (tertiary/aromatic N) is 1. The van der Waals surface area contributed by atoms with Crippen molar-refractivity contribution in [1.29, 1.82) is 0 Å². The molecule has 0 heterocycles. The van der Waals surface area contributed by atoms with Crippen LogP contribution in [0.1, 0.15) is 29.0 Å². The molecule has 0 amide bonds. The number of rotatable bonds is 3. The van der Waals surface area contributed by atoms with Crippen LogP contribution >= 0.6 is 11.6 Å². The molecule has 0 fully saturated rings. The summed E-state index contributed by atoms with van der Waals surface area (Å²) < 4.78 is 0. The highest BCUT2D eigenvalue weighted by molar-refractivity contribution is 6.30. The van der Waals surface area contributed by atoms with Crippen molar-refractivity contribution in [2.45, 2.75) is 24.8 Å². The number of halogens is 1. The second-order valence-electron chi connectivity index (χ2n) is 7.44. The maximum absolute atomic E-state index is 6.05. The molecule has 2 heteroatoms. The summed E-state index contributed by atoms with van der Waals surface area (Å²) in [4.78, 5) is 2.37. The molecule has 132 valence electrons. The number of hydrogen-bond acceptors (Lipinski definition) is 1. The maximum Gasteiger partial charge on any atom is 0.0406 e. The summed E-state index contributed by atoms with van der Waals surface area (Å²) in [5.41, 5.74) is 6.84. The van der Waals surface area contributed by atoms with E-state index in [0.29, 0.717) is 12.0 Å². The van der Waals surface area contributed by atoms with Gasteiger partial charge in [-0.1, -0.05) is 72.3 Å². The van der Waals surface area contributed by atoms with E-state index >= 15 is 0 Å². The lowest BCUT2D eigenvalue weighted by Crippen LogP contribution is -2.35. The Kier molecular flexibility index (Phi) is 4.84. The average Bonchev–Trinajstić information content (AvgIpc) is 2.67. The van der Waals surface area contributed by atoms with Crippen LogP contribution in [0.2, 0.25) is 5.02 Å². The third-order valence-corrected chi connectivity index (χ3v) is 5.84. The first kappa shape index (κ1) is 17.3. The number of likely N-dealkylation sites (N-methyl/N-ethyl adjacent to an activating group) is 1. The van der Waals surface area contributed by atoms with Gasteiger partial charge in [-0.15, -0.1) is 0 Å². The minimum absolute atomic E-state index is 0.444. The van der Waals surface area contributed by atoms with Crippen molar-refractivity contribution in [3.05, 3.63) is 94.5 Å². The molecule has 3 aromatic rings. The Labute approximate surface area is 161 Å². The van der Waals surface area contributed by atoms with Crippen molar-refractivity contribution in [1.82, 2.24) is 4.90 Å². The Hall–Kier alpha value is -2.09. The molecule has 0 aromatic heterocycles. The van der Waals surface area contributed by atoms with Gasteiger partial charge in [-0.25, -0.2) is 0 Å². The Morgan fingerprint density at radius 2 is 1.62 bits per heavy atom. The van der Waals surface area contributed by atoms with Gasteiger partial charge >= 0.3 is 0 Å². The fourth-order valence-electron chi connectivity index (χ4n) is 4.08. The minimum atomic E-state index is 0.444. The van der Waals surface area contributed by atoms with E-state index in [4.69, 9.17) is 11.6 Å². The van der Waals surface area contributed by atoms with Crippen LogP contribution in [0.5, 0.6) is 0 Å². The molecule has 1 aliphatic carbocycles. The van der Waals surface area contributed by atoms with Crippen LogP contribution in [0.4, 0.5) is 0 Å². The number of hydrogen-bond donors (Lipinski definition) is 0. The summed E-state index contributed by atoms with van der Waals surface area (Å²) in [6, 6.07) is 26.6. The molecule has 3 aromatic carbocycles. The van der Waals surface area contributed by atoms with E-state index in [2.05, 4.69) is 79.7 Å². The van der Waals surface area contributed by atoms with E-state index < -0.39 is 0 Å². The standard InChI is InChI=1S/C24H24ClN/c1-26(2)22-15-20-6-3-4-9-23(20)24(16-22)19-8-5-7-18(14-19)17-10-12-21(25)13-11-17/h3-14,22,24H,15-16H2,1-2H3. The molecular weight excluding hydrogens is 338 g/mol. The van der Waals surface area contributed by atoms with Crippen molar-refractivity contribution in [2.75, 3.05) is 14.1 Å². The molecule has 0 spiro atoms. The van der Waals surface area contributed by atoms with E-state index in [1.165, 1.54) is 27.8 Å². The second-order valence-corrected chi connectivity index (χ2v) is 7.88. The topological polar surface area (TPSA) is 3.24 Å². The zero-order chi connectivity index (χ0) is 18.1. The van der Waals surface area contributed by atoms with Crippen molar-refractivity contribution >= 4 is 11.6 Å². The van der Waals surface area contributed by atoms with Gasteiger partial charge in [0.25, 0.3) is 0 Å². The van der Waals surface area contributed by atoms with Gasteiger partial charge in [-0.3, -0.25) is 0 Å². The fraction of sp³-hybridized carbons (Fsp3) is 0.250. The van der Waals surface area contributed by atoms with E-state index in [0.717, 1.165) is 17.9 Å². The first-order chi connectivity index (χ1) is 12.6. The lowest BCUT2D eigenvalue weighted by molar-refractivity contribution is 0.258. The molecule has 26 heavy (non-hydrogen) atoms. The molecule has 0 bridgehead atoms. The van der Waals surface area contributed by atoms with E-state index in [1.54, 1.807) is 0 Å². The van der Waals surface area contributed by atoms with Crippen molar-refractivity contribution in [3.63, 3.8) is 0 Å². The summed E-state index contributed by atoms with van der Waals surface area (Å²) in [7, 11) is 4.39. The molecule has 4 rings (SSSR count). The minimum Gasteiger partial charge on any atom is -0.306 e. The van der Waals surface area contributed by atoms with Gasteiger partial charge in [0.1, 0.15) is 0 Å². The molecule has 0 saturated heterocycles. The van der Waals surface area contributed by atoms with E-state index in [1.807, 2.05) is 12.1 Å². The monoisotopic (exact) mass is 361 g/mol. The zero-order valence-electron chi connectivity index (χ0n) is 15.3. The van der Waals surface area contributed by atoms with Gasteiger partial charge in [0.05, 0.1) is 0 Å². The molecule has 0 N–H and O–H groups in total. The SMILES string of the molecule is CN(C)C1Cc2ccccc2C(c2cccc(-c3ccc(Cl)cc3)c2)C1. The zero-order valence-corrected chi connectivity index (χ0v) is 16.1. The predicted molar refractivity (Wildman–Crippen MR) is 111 cm³/mol. The highest BCUT2D eigenvalue weighted by atomic mass is 35.5. The average molecular weight is 362 g/mol. The van der Waals surface area contributed by atoms with E-state index in [9.17, 15) is 0 Å². The summed E-state index contributed by atoms with van der Waals surface area (Å²) >= 11 is 6.05. The molecule has 1 nitrogen and oxygen atoms in total. The molecule has 0 saturated carbocycles. The maximum atomic E-state index is 6.05. The van der Waals surface area contributed by atoms with Crippen LogP contribution < -0.4 is 0 Å². The number of fused-ring (bicyclic) bond motifs is 1. The summed E-state index contributed by atoms with van der Waals surface area (Å²) in [6.07, 6.45) is 2.30. The quantitative estimate of drug-likeness (QED) is 0.551. The largest absolute Gasteiger partial charge is 0.306 e. The highest BCUT2D eigenvalue weighted by Crippen LogP contribution is 2.39. The van der Waals surface area contributed by atoms with Crippen molar-refractivity contribution in [2.24, 2.45) is 0 Å². The van der Waals surface area contributed by atoms with Crippen LogP contribution in [0, 0.1) is 0 Å². The van der Waals surface area contributed by atoms with Crippen LogP contribution in [-0.4, -0.2) is 25.0 Å². The fourth-order valence-corrected chi connectivity index (χ4v) is 4.21. The summed E-state index contributed by atoms with van der Waals surface area (Å²) in [6.45, 7) is 0. The third kappa shape index (κ3) is 3.42. The lowest BCUT2D eigenvalue weighted by atomic mass is 9.76. The van der Waals surface area contributed by atoms with Gasteiger partial charge in [-0.2, -0.15) is 0 Å². The van der Waals surface area contributed by atoms with Gasteiger partial charge < -0.3 is 4.90 Å². The van der Waals surface area contributed by atoms with Crippen molar-refractivity contribution < 1.29 is 0 Å². The van der Waals surface area contributed by atoms with Gasteiger partial charge in [0.2, 0.25) is 0 Å². The molecule has 0 radical (unpaired) electrons. The lowest BCUT2D eigenvalue weighted by Gasteiger charge is -2.35. The Bertz CT molecular complexity index is 898. The summed E-state index contributed by atoms with van der Waals surface area (Å²) in [5, 5.41) is 0.778. The summed E-state index contributed by atoms with van der Waals surface area (Å²) in [5.74, 6) is 0.444. The normalized spacial score (nSPS) is 19.4. The molecule has 1 aliphatic rings. The third-order valence-electron chi connectivity index (χ3n) is 5.59. The first-order valence-electron chi connectivity index (χ1n) is 9.22. The molecule has 2 unspecified atom stereocenters. The van der Waals surface area contributed by atoms with Gasteiger partial charge in [0, 0.05) is 17.0 Å². The Morgan fingerprint density at radius 3 is 2.38 bits per heavy atom. The predicted octanol–water partition coefficient (Wildman–Crippen LogP) is 6.02. The highest BCUT2D eigenvalue weighted by Gasteiger charge is 2.29. The van der Waals surface area contributed by atoms with Crippen molar-refractivity contribution in [3.8, 4) is 11.1 Å². The molecule has 2 atom stereocenters. The van der Waals surface area contributed by atoms with Crippen LogP contribution in [-0.2, 0) is 6.42 Å². The van der Waals surface area contributed by atoms with Gasteiger partial charge in [0.15, 0.2) is 0 Å². The van der Waals surface area contributed by atoms with Gasteiger partial charge in [-0.05, 0) is 66.9 Å². The first-order valence-corrected chi connectivity index (χ1v) is 9.60. The van der Waals surface area contributed by atoms with Crippen LogP contribution in [0.15, 0.2) is 72.8 Å². The van der Waals surface area contributed by atoms with Crippen LogP contribution in [0.25, 0.3) is 11.1 Å². The van der Waals surface area contributed by atoms with Crippen LogP contribution in [0.3, 0.4) is 0 Å². The van der Waals surface area contributed by atoms with E-state index in [-0.39, 0.29) is 0 Å². The Morgan fingerprint density at radius 1 is 0.846 bits per heavy atom. The molecular formula is C24H24ClN. The molecule has 0 aliphatic heterocycles. The second kappa shape index (κ2) is 7.26. The smallest absolute Gasteiger partial charge is 0.0406 e. The Balaban J connectivity index is 1.74. The number of benzene rings is 3.